The predicted molar refractivity (Wildman–Crippen MR) is 68.8 cm³/mol. The zero-order chi connectivity index (χ0) is 15.7. The van der Waals surface area contributed by atoms with E-state index in [2.05, 4.69) is 0 Å². The molecule has 0 aliphatic carbocycles. The molecule has 0 aromatic carbocycles. The third kappa shape index (κ3) is 3.09. The van der Waals surface area contributed by atoms with Crippen molar-refractivity contribution in [1.82, 2.24) is 0 Å². The number of hydrogen-bond donors (Lipinski definition) is 4. The molecule has 5 unspecified atom stereocenters. The normalized spacial score (nSPS) is 33.0. The Morgan fingerprint density at radius 1 is 1.19 bits per heavy atom. The molecule has 21 heavy (non-hydrogen) atoms. The van der Waals surface area contributed by atoms with Gasteiger partial charge in [-0.15, -0.1) is 0 Å². The van der Waals surface area contributed by atoms with Crippen LogP contribution in [0.3, 0.4) is 0 Å². The molecule has 0 saturated carbocycles. The van der Waals surface area contributed by atoms with E-state index < -0.39 is 42.9 Å². The molecule has 1 fully saturated rings. The Morgan fingerprint density at radius 3 is 2.48 bits per heavy atom. The highest BCUT2D eigenvalue weighted by molar-refractivity contribution is 5.30. The predicted octanol–water partition coefficient (Wildman–Crippen LogP) is -1.56. The third-order valence-corrected chi connectivity index (χ3v) is 3.36. The van der Waals surface area contributed by atoms with E-state index in [4.69, 9.17) is 19.0 Å². The minimum atomic E-state index is -1.54. The number of ether oxygens (including phenoxy) is 2. The number of aliphatic hydroxyl groups is 4. The van der Waals surface area contributed by atoms with Gasteiger partial charge in [0, 0.05) is 6.07 Å². The van der Waals surface area contributed by atoms with Crippen molar-refractivity contribution in [3.05, 3.63) is 27.8 Å². The van der Waals surface area contributed by atoms with Gasteiger partial charge < -0.3 is 34.3 Å². The van der Waals surface area contributed by atoms with Crippen molar-refractivity contribution in [3.8, 4) is 5.75 Å². The van der Waals surface area contributed by atoms with E-state index in [1.807, 2.05) is 0 Å². The van der Waals surface area contributed by atoms with Gasteiger partial charge >= 0.3 is 5.63 Å². The summed E-state index contributed by atoms with van der Waals surface area (Å²) in [5.41, 5.74) is -0.410. The average Bonchev–Trinajstić information content (AvgIpc) is 2.44. The molecule has 4 N–H and O–H groups in total. The minimum absolute atomic E-state index is 0.132. The van der Waals surface area contributed by atoms with E-state index in [1.54, 1.807) is 6.92 Å². The molecule has 0 radical (unpaired) electrons. The summed E-state index contributed by atoms with van der Waals surface area (Å²) in [6, 6.07) is 1.44. The summed E-state index contributed by atoms with van der Waals surface area (Å²) >= 11 is 0. The number of aliphatic hydroxyl groups excluding tert-OH is 4. The van der Waals surface area contributed by atoms with Crippen LogP contribution >= 0.6 is 0 Å². The molecule has 0 bridgehead atoms. The summed E-state index contributed by atoms with van der Waals surface area (Å²) in [4.78, 5) is 11.5. The zero-order valence-electron chi connectivity index (χ0n) is 11.6. The topological polar surface area (TPSA) is 130 Å². The first kappa shape index (κ1) is 15.9. The van der Waals surface area contributed by atoms with E-state index in [1.165, 1.54) is 13.0 Å². The van der Waals surface area contributed by atoms with Gasteiger partial charge in [-0.2, -0.15) is 0 Å². The molecular formula is C13H18O8. The number of hydrogen-bond acceptors (Lipinski definition) is 8. The van der Waals surface area contributed by atoms with Gasteiger partial charge in [0.1, 0.15) is 35.9 Å². The van der Waals surface area contributed by atoms with Gasteiger partial charge in [-0.1, -0.05) is 0 Å². The molecule has 0 amide bonds. The molecule has 1 aliphatic heterocycles. The monoisotopic (exact) mass is 302 g/mol. The summed E-state index contributed by atoms with van der Waals surface area (Å²) < 4.78 is 15.5. The van der Waals surface area contributed by atoms with Crippen molar-refractivity contribution in [3.63, 3.8) is 0 Å². The van der Waals surface area contributed by atoms with Gasteiger partial charge in [-0.3, -0.25) is 0 Å². The molecule has 8 heteroatoms. The molecule has 1 aromatic rings. The maximum absolute atomic E-state index is 11.5. The van der Waals surface area contributed by atoms with Gasteiger partial charge in [-0.05, 0) is 13.8 Å². The van der Waals surface area contributed by atoms with E-state index in [0.717, 1.165) is 0 Å². The third-order valence-electron chi connectivity index (χ3n) is 3.36. The molecule has 2 rings (SSSR count). The number of aryl methyl sites for hydroxylation is 1. The molecule has 0 spiro atoms. The fourth-order valence-electron chi connectivity index (χ4n) is 2.06. The molecule has 2 heterocycles. The Kier molecular flexibility index (Phi) is 4.64. The molecule has 1 aromatic heterocycles. The number of rotatable bonds is 3. The van der Waals surface area contributed by atoms with Crippen LogP contribution in [0.4, 0.5) is 0 Å². The standard InChI is InChI=1S/C13H18O8/c1-5-3-7(6(2)12(18)19-5)20-13-11(17)10(16)9(15)8(4-14)21-13/h3,8-11,13-17H,4H2,1-2H3. The lowest BCUT2D eigenvalue weighted by molar-refractivity contribution is -0.277. The van der Waals surface area contributed by atoms with Crippen LogP contribution in [0.2, 0.25) is 0 Å². The van der Waals surface area contributed by atoms with Gasteiger partial charge in [-0.25, -0.2) is 4.79 Å². The van der Waals surface area contributed by atoms with Crippen molar-refractivity contribution in [2.75, 3.05) is 6.61 Å². The summed E-state index contributed by atoms with van der Waals surface area (Å²) in [6.45, 7) is 2.48. The highest BCUT2D eigenvalue weighted by Crippen LogP contribution is 2.25. The summed E-state index contributed by atoms with van der Waals surface area (Å²) in [7, 11) is 0. The quantitative estimate of drug-likeness (QED) is 0.527. The Balaban J connectivity index is 2.24. The second kappa shape index (κ2) is 6.12. The highest BCUT2D eigenvalue weighted by Gasteiger charge is 2.44. The van der Waals surface area contributed by atoms with Crippen LogP contribution in [-0.4, -0.2) is 57.7 Å². The molecule has 5 atom stereocenters. The van der Waals surface area contributed by atoms with Crippen LogP contribution in [0.15, 0.2) is 15.3 Å². The van der Waals surface area contributed by atoms with Crippen molar-refractivity contribution < 1.29 is 34.3 Å². The van der Waals surface area contributed by atoms with E-state index in [9.17, 15) is 20.1 Å². The second-order valence-electron chi connectivity index (χ2n) is 4.95. The highest BCUT2D eigenvalue weighted by atomic mass is 16.7. The molecular weight excluding hydrogens is 284 g/mol. The van der Waals surface area contributed by atoms with E-state index >= 15 is 0 Å². The van der Waals surface area contributed by atoms with Crippen molar-refractivity contribution in [1.29, 1.82) is 0 Å². The van der Waals surface area contributed by atoms with Gasteiger partial charge in [0.15, 0.2) is 0 Å². The Labute approximate surface area is 120 Å². The van der Waals surface area contributed by atoms with Crippen LogP contribution in [0.25, 0.3) is 0 Å². The smallest absolute Gasteiger partial charge is 0.342 e. The first-order valence-electron chi connectivity index (χ1n) is 6.43. The molecule has 8 nitrogen and oxygen atoms in total. The zero-order valence-corrected chi connectivity index (χ0v) is 11.6. The molecule has 1 saturated heterocycles. The van der Waals surface area contributed by atoms with Crippen LogP contribution in [-0.2, 0) is 4.74 Å². The lowest BCUT2D eigenvalue weighted by Crippen LogP contribution is -2.60. The summed E-state index contributed by atoms with van der Waals surface area (Å²) in [6.07, 6.45) is -6.94. The summed E-state index contributed by atoms with van der Waals surface area (Å²) in [5, 5.41) is 38.3. The lowest BCUT2D eigenvalue weighted by atomic mass is 9.99. The fraction of sp³-hybridized carbons (Fsp3) is 0.615. The van der Waals surface area contributed by atoms with Crippen molar-refractivity contribution in [2.45, 2.75) is 44.6 Å². The van der Waals surface area contributed by atoms with Crippen LogP contribution in [0.1, 0.15) is 11.3 Å². The minimum Gasteiger partial charge on any atom is -0.461 e. The maximum Gasteiger partial charge on any atom is 0.342 e. The molecule has 1 aliphatic rings. The lowest BCUT2D eigenvalue weighted by Gasteiger charge is -2.39. The first-order chi connectivity index (χ1) is 9.85. The maximum atomic E-state index is 11.5. The Morgan fingerprint density at radius 2 is 1.86 bits per heavy atom. The summed E-state index contributed by atoms with van der Waals surface area (Å²) in [5.74, 6) is 0.443. The van der Waals surface area contributed by atoms with Crippen LogP contribution < -0.4 is 10.4 Å². The van der Waals surface area contributed by atoms with Crippen LogP contribution in [0.5, 0.6) is 5.75 Å². The van der Waals surface area contributed by atoms with Gasteiger partial charge in [0.25, 0.3) is 0 Å². The van der Waals surface area contributed by atoms with Gasteiger partial charge in [0.05, 0.1) is 12.2 Å². The van der Waals surface area contributed by atoms with Crippen LogP contribution in [0, 0.1) is 13.8 Å². The van der Waals surface area contributed by atoms with E-state index in [0.29, 0.717) is 5.76 Å². The van der Waals surface area contributed by atoms with Crippen molar-refractivity contribution in [2.24, 2.45) is 0 Å². The Hall–Kier alpha value is -1.45. The SMILES string of the molecule is Cc1cc(OC2OC(CO)C(O)C(O)C2O)c(C)c(=O)o1. The largest absolute Gasteiger partial charge is 0.461 e. The van der Waals surface area contributed by atoms with Gasteiger partial charge in [0.2, 0.25) is 6.29 Å². The first-order valence-corrected chi connectivity index (χ1v) is 6.43. The average molecular weight is 302 g/mol. The Bertz CT molecular complexity index is 552. The fourth-order valence-corrected chi connectivity index (χ4v) is 2.06. The second-order valence-corrected chi connectivity index (χ2v) is 4.95. The van der Waals surface area contributed by atoms with E-state index in [-0.39, 0.29) is 11.3 Å². The van der Waals surface area contributed by atoms with Crippen molar-refractivity contribution >= 4 is 0 Å². The molecule has 118 valence electrons.